The Bertz CT molecular complexity index is 1680. The van der Waals surface area contributed by atoms with E-state index in [4.69, 9.17) is 18.9 Å². The van der Waals surface area contributed by atoms with Crippen LogP contribution in [0.15, 0.2) is 102 Å². The molecular formula is C35H35N3O7S. The van der Waals surface area contributed by atoms with Gasteiger partial charge in [0.1, 0.15) is 11.4 Å². The third kappa shape index (κ3) is 9.05. The van der Waals surface area contributed by atoms with Crippen molar-refractivity contribution in [2.75, 3.05) is 44.3 Å². The molecule has 0 saturated heterocycles. The highest BCUT2D eigenvalue weighted by molar-refractivity contribution is 8.00. The van der Waals surface area contributed by atoms with E-state index in [2.05, 4.69) is 16.0 Å². The number of carbonyl (C=O) groups is 3. The van der Waals surface area contributed by atoms with E-state index in [1.165, 1.54) is 39.2 Å². The Morgan fingerprint density at radius 3 is 2.13 bits per heavy atom. The number of ether oxygens (including phenoxy) is 4. The van der Waals surface area contributed by atoms with Crippen LogP contribution in [-0.2, 0) is 9.59 Å². The van der Waals surface area contributed by atoms with Gasteiger partial charge in [-0.05, 0) is 73.2 Å². The average molecular weight is 642 g/mol. The highest BCUT2D eigenvalue weighted by Gasteiger charge is 2.18. The Morgan fingerprint density at radius 1 is 0.761 bits per heavy atom. The van der Waals surface area contributed by atoms with Gasteiger partial charge in [-0.2, -0.15) is 0 Å². The zero-order valence-electron chi connectivity index (χ0n) is 25.9. The highest BCUT2D eigenvalue weighted by Crippen LogP contribution is 2.38. The smallest absolute Gasteiger partial charge is 0.272 e. The molecule has 3 N–H and O–H groups in total. The first-order valence-electron chi connectivity index (χ1n) is 14.3. The predicted octanol–water partition coefficient (Wildman–Crippen LogP) is 6.25. The molecule has 0 fully saturated rings. The normalized spacial score (nSPS) is 10.8. The molecule has 0 aliphatic heterocycles. The Morgan fingerprint density at radius 2 is 1.46 bits per heavy atom. The van der Waals surface area contributed by atoms with Gasteiger partial charge in [0.15, 0.2) is 11.5 Å². The van der Waals surface area contributed by atoms with Gasteiger partial charge in [-0.3, -0.25) is 14.4 Å². The third-order valence-corrected chi connectivity index (χ3v) is 7.44. The summed E-state index contributed by atoms with van der Waals surface area (Å²) in [5.74, 6) is 0.671. The van der Waals surface area contributed by atoms with Crippen LogP contribution >= 0.6 is 11.8 Å². The maximum absolute atomic E-state index is 13.6. The van der Waals surface area contributed by atoms with Crippen LogP contribution in [0.5, 0.6) is 23.0 Å². The van der Waals surface area contributed by atoms with E-state index in [9.17, 15) is 14.4 Å². The van der Waals surface area contributed by atoms with Crippen LogP contribution in [0.1, 0.15) is 22.8 Å². The van der Waals surface area contributed by atoms with Gasteiger partial charge < -0.3 is 34.9 Å². The van der Waals surface area contributed by atoms with Crippen LogP contribution in [-0.4, -0.2) is 51.4 Å². The number of carbonyl (C=O) groups excluding carboxylic acids is 3. The second kappa shape index (κ2) is 16.6. The molecule has 0 bridgehead atoms. The zero-order chi connectivity index (χ0) is 32.9. The molecule has 4 aromatic carbocycles. The number of anilines is 2. The number of benzene rings is 4. The summed E-state index contributed by atoms with van der Waals surface area (Å²) in [4.78, 5) is 40.2. The van der Waals surface area contributed by atoms with Gasteiger partial charge in [0, 0.05) is 16.1 Å². The van der Waals surface area contributed by atoms with Gasteiger partial charge in [0.25, 0.3) is 11.8 Å². The van der Waals surface area contributed by atoms with Crippen LogP contribution in [0, 0.1) is 0 Å². The van der Waals surface area contributed by atoms with Crippen molar-refractivity contribution in [2.24, 2.45) is 0 Å². The fourth-order valence-corrected chi connectivity index (χ4v) is 5.10. The topological polar surface area (TPSA) is 124 Å². The Hall–Kier alpha value is -5.42. The summed E-state index contributed by atoms with van der Waals surface area (Å²) in [7, 11) is 4.48. The second-order valence-electron chi connectivity index (χ2n) is 9.58. The number of thioether (sulfide) groups is 1. The number of rotatable bonds is 14. The van der Waals surface area contributed by atoms with Gasteiger partial charge in [-0.15, -0.1) is 11.8 Å². The summed E-state index contributed by atoms with van der Waals surface area (Å²) in [6.07, 6.45) is 1.52. The van der Waals surface area contributed by atoms with Crippen molar-refractivity contribution < 1.29 is 33.3 Å². The van der Waals surface area contributed by atoms with Crippen molar-refractivity contribution in [1.29, 1.82) is 0 Å². The second-order valence-corrected chi connectivity index (χ2v) is 10.6. The van der Waals surface area contributed by atoms with E-state index in [0.717, 1.165) is 4.90 Å². The van der Waals surface area contributed by atoms with Gasteiger partial charge in [0.2, 0.25) is 11.7 Å². The number of amides is 3. The van der Waals surface area contributed by atoms with Crippen molar-refractivity contribution in [2.45, 2.75) is 11.8 Å². The molecule has 11 heteroatoms. The Kier molecular flexibility index (Phi) is 12.1. The summed E-state index contributed by atoms with van der Waals surface area (Å²) in [6.45, 7) is 2.36. The number of para-hydroxylation sites is 2. The standard InChI is InChI=1S/C35H35N3O7S/c1-5-45-29-17-10-9-16-27(29)37-32(39)22-46-26-15-11-14-25(21-26)36-35(41)28(38-34(40)24-12-7-6-8-13-24)18-23-19-30(42-2)33(44-4)31(20-23)43-3/h6-21H,5,22H2,1-4H3,(H,36,41)(H,37,39)(H,38,40)/b28-18+. The summed E-state index contributed by atoms with van der Waals surface area (Å²) in [6, 6.07) is 26.2. The average Bonchev–Trinajstić information content (AvgIpc) is 3.08. The lowest BCUT2D eigenvalue weighted by molar-refractivity contribution is -0.114. The minimum absolute atomic E-state index is 0.0199. The van der Waals surface area contributed by atoms with Crippen LogP contribution in [0.4, 0.5) is 11.4 Å². The van der Waals surface area contributed by atoms with E-state index in [1.54, 1.807) is 72.8 Å². The molecule has 0 spiro atoms. The van der Waals surface area contributed by atoms with Crippen LogP contribution in [0.3, 0.4) is 0 Å². The van der Waals surface area contributed by atoms with E-state index < -0.39 is 11.8 Å². The molecule has 0 unspecified atom stereocenters. The molecule has 3 amide bonds. The van der Waals surface area contributed by atoms with E-state index in [-0.39, 0.29) is 17.4 Å². The van der Waals surface area contributed by atoms with Crippen molar-refractivity contribution >= 4 is 46.9 Å². The summed E-state index contributed by atoms with van der Waals surface area (Å²) >= 11 is 1.31. The summed E-state index contributed by atoms with van der Waals surface area (Å²) in [5.41, 5.74) is 1.95. The Balaban J connectivity index is 1.53. The number of hydrogen-bond acceptors (Lipinski definition) is 8. The largest absolute Gasteiger partial charge is 0.493 e. The number of hydrogen-bond donors (Lipinski definition) is 3. The molecule has 238 valence electrons. The highest BCUT2D eigenvalue weighted by atomic mass is 32.2. The lowest BCUT2D eigenvalue weighted by atomic mass is 10.1. The Labute approximate surface area is 272 Å². The maximum Gasteiger partial charge on any atom is 0.272 e. The first-order chi connectivity index (χ1) is 22.3. The molecule has 0 aromatic heterocycles. The zero-order valence-corrected chi connectivity index (χ0v) is 26.7. The van der Waals surface area contributed by atoms with Crippen LogP contribution in [0.2, 0.25) is 0 Å². The molecule has 4 aromatic rings. The molecule has 0 aliphatic carbocycles. The number of nitrogens with one attached hydrogen (secondary N) is 3. The van der Waals surface area contributed by atoms with Crippen molar-refractivity contribution in [3.8, 4) is 23.0 Å². The molecule has 0 aliphatic rings. The van der Waals surface area contributed by atoms with Crippen molar-refractivity contribution in [3.63, 3.8) is 0 Å². The molecule has 0 atom stereocenters. The minimum atomic E-state index is -0.564. The fourth-order valence-electron chi connectivity index (χ4n) is 4.34. The van der Waals surface area contributed by atoms with Crippen LogP contribution in [0.25, 0.3) is 6.08 Å². The molecular weight excluding hydrogens is 606 g/mol. The first kappa shape index (κ1) is 33.5. The summed E-state index contributed by atoms with van der Waals surface area (Å²) in [5, 5.41) is 8.45. The maximum atomic E-state index is 13.6. The summed E-state index contributed by atoms with van der Waals surface area (Å²) < 4.78 is 21.9. The molecule has 0 saturated carbocycles. The number of methoxy groups -OCH3 is 3. The van der Waals surface area contributed by atoms with E-state index in [0.29, 0.717) is 52.1 Å². The predicted molar refractivity (Wildman–Crippen MR) is 180 cm³/mol. The molecule has 0 heterocycles. The minimum Gasteiger partial charge on any atom is -0.493 e. The first-order valence-corrected chi connectivity index (χ1v) is 15.3. The lowest BCUT2D eigenvalue weighted by Gasteiger charge is -2.15. The molecule has 46 heavy (non-hydrogen) atoms. The third-order valence-electron chi connectivity index (χ3n) is 6.45. The van der Waals surface area contributed by atoms with Crippen molar-refractivity contribution in [1.82, 2.24) is 5.32 Å². The molecule has 4 rings (SSSR count). The van der Waals surface area contributed by atoms with E-state index in [1.807, 2.05) is 25.1 Å². The van der Waals surface area contributed by atoms with E-state index >= 15 is 0 Å². The molecule has 10 nitrogen and oxygen atoms in total. The quantitative estimate of drug-likeness (QED) is 0.109. The van der Waals surface area contributed by atoms with Gasteiger partial charge >= 0.3 is 0 Å². The lowest BCUT2D eigenvalue weighted by Crippen LogP contribution is -2.30. The monoisotopic (exact) mass is 641 g/mol. The van der Waals surface area contributed by atoms with Gasteiger partial charge in [-0.25, -0.2) is 0 Å². The fraction of sp³-hybridized carbons (Fsp3) is 0.171. The van der Waals surface area contributed by atoms with Gasteiger partial charge in [0.05, 0.1) is 39.4 Å². The molecule has 0 radical (unpaired) electrons. The van der Waals surface area contributed by atoms with Crippen molar-refractivity contribution in [3.05, 3.63) is 108 Å². The van der Waals surface area contributed by atoms with Gasteiger partial charge in [-0.1, -0.05) is 36.4 Å². The SMILES string of the molecule is CCOc1ccccc1NC(=O)CSc1cccc(NC(=O)/C(=C\c2cc(OC)c(OC)c(OC)c2)NC(=O)c2ccccc2)c1. The van der Waals surface area contributed by atoms with Crippen LogP contribution < -0.4 is 34.9 Å².